The number of Topliss-reactive ketones (excluding diaryl/α,β-unsaturated/α-hetero) is 1. The Hall–Kier alpha value is -0.500. The highest BCUT2D eigenvalue weighted by atomic mass is 32.2. The van der Waals surface area contributed by atoms with E-state index in [0.717, 1.165) is 4.91 Å². The van der Waals surface area contributed by atoms with Gasteiger partial charge in [-0.2, -0.15) is 0 Å². The first kappa shape index (κ1) is 9.50. The largest absolute Gasteiger partial charge is 0.300 e. The molecule has 1 nitrogen and oxygen atoms in total. The number of thioether (sulfide) groups is 1. The van der Waals surface area contributed by atoms with Gasteiger partial charge in [0.05, 0.1) is 0 Å². The standard InChI is InChI=1S/C8H12OS/c1-4-5-8(10-3)6-7(2)9/h4-5H,1,6H2,2-3H3/b8-5-. The van der Waals surface area contributed by atoms with Crippen LogP contribution in [0, 0.1) is 0 Å². The topological polar surface area (TPSA) is 17.1 Å². The van der Waals surface area contributed by atoms with E-state index in [-0.39, 0.29) is 5.78 Å². The van der Waals surface area contributed by atoms with Gasteiger partial charge in [-0.25, -0.2) is 0 Å². The highest BCUT2D eigenvalue weighted by Crippen LogP contribution is 2.15. The molecule has 0 saturated carbocycles. The Labute approximate surface area is 66.2 Å². The summed E-state index contributed by atoms with van der Waals surface area (Å²) in [5, 5.41) is 0. The lowest BCUT2D eigenvalue weighted by Crippen LogP contribution is -1.89. The van der Waals surface area contributed by atoms with Crippen LogP contribution in [0.25, 0.3) is 0 Å². The zero-order valence-electron chi connectivity index (χ0n) is 6.39. The van der Waals surface area contributed by atoms with Gasteiger partial charge in [-0.15, -0.1) is 11.8 Å². The van der Waals surface area contributed by atoms with Gasteiger partial charge in [0.15, 0.2) is 0 Å². The van der Waals surface area contributed by atoms with E-state index in [0.29, 0.717) is 6.42 Å². The molecule has 0 fully saturated rings. The first-order valence-corrected chi connectivity index (χ1v) is 4.28. The molecule has 0 atom stereocenters. The number of hydrogen-bond donors (Lipinski definition) is 0. The highest BCUT2D eigenvalue weighted by Gasteiger charge is 1.96. The molecule has 0 amide bonds. The summed E-state index contributed by atoms with van der Waals surface area (Å²) in [6, 6.07) is 0. The molecule has 10 heavy (non-hydrogen) atoms. The first-order chi connectivity index (χ1) is 4.70. The van der Waals surface area contributed by atoms with Crippen molar-refractivity contribution in [1.29, 1.82) is 0 Å². The molecule has 0 aromatic rings. The Kier molecular flexibility index (Phi) is 5.03. The Morgan fingerprint density at radius 2 is 2.30 bits per heavy atom. The summed E-state index contributed by atoms with van der Waals surface area (Å²) in [5.74, 6) is 0.197. The van der Waals surface area contributed by atoms with Crippen LogP contribution in [-0.2, 0) is 4.79 Å². The molecule has 0 aliphatic carbocycles. The van der Waals surface area contributed by atoms with Crippen LogP contribution in [0.4, 0.5) is 0 Å². The third-order valence-electron chi connectivity index (χ3n) is 0.989. The highest BCUT2D eigenvalue weighted by molar-refractivity contribution is 8.02. The lowest BCUT2D eigenvalue weighted by atomic mass is 10.3. The van der Waals surface area contributed by atoms with Gasteiger partial charge in [0.2, 0.25) is 0 Å². The summed E-state index contributed by atoms with van der Waals surface area (Å²) in [6.45, 7) is 5.15. The monoisotopic (exact) mass is 156 g/mol. The molecule has 0 aromatic carbocycles. The molecular formula is C8H12OS. The normalized spacial score (nSPS) is 11.2. The number of hydrogen-bond acceptors (Lipinski definition) is 2. The van der Waals surface area contributed by atoms with Gasteiger partial charge in [-0.05, 0) is 18.1 Å². The smallest absolute Gasteiger partial charge is 0.134 e. The third kappa shape index (κ3) is 4.39. The van der Waals surface area contributed by atoms with Gasteiger partial charge in [0.1, 0.15) is 5.78 Å². The number of carbonyl (C=O) groups excluding carboxylic acids is 1. The molecule has 0 unspecified atom stereocenters. The zero-order valence-corrected chi connectivity index (χ0v) is 7.20. The maximum absolute atomic E-state index is 10.6. The zero-order chi connectivity index (χ0) is 7.98. The predicted molar refractivity (Wildman–Crippen MR) is 47.1 cm³/mol. The lowest BCUT2D eigenvalue weighted by molar-refractivity contribution is -0.116. The van der Waals surface area contributed by atoms with E-state index >= 15 is 0 Å². The molecule has 0 saturated heterocycles. The second kappa shape index (κ2) is 5.30. The van der Waals surface area contributed by atoms with Crippen molar-refractivity contribution in [2.75, 3.05) is 6.26 Å². The number of carbonyl (C=O) groups is 1. The van der Waals surface area contributed by atoms with Crippen LogP contribution >= 0.6 is 11.8 Å². The van der Waals surface area contributed by atoms with Gasteiger partial charge < -0.3 is 0 Å². The van der Waals surface area contributed by atoms with Crippen molar-refractivity contribution in [3.63, 3.8) is 0 Å². The predicted octanol–water partition coefficient (Wildman–Crippen LogP) is 2.40. The molecule has 56 valence electrons. The fraction of sp³-hybridized carbons (Fsp3) is 0.375. The van der Waals surface area contributed by atoms with Gasteiger partial charge >= 0.3 is 0 Å². The van der Waals surface area contributed by atoms with Gasteiger partial charge in [-0.1, -0.05) is 18.7 Å². The van der Waals surface area contributed by atoms with Crippen molar-refractivity contribution in [2.24, 2.45) is 0 Å². The second-order valence-corrected chi connectivity index (χ2v) is 2.88. The second-order valence-electron chi connectivity index (χ2n) is 1.95. The lowest BCUT2D eigenvalue weighted by Gasteiger charge is -1.96. The van der Waals surface area contributed by atoms with Crippen LogP contribution in [0.5, 0.6) is 0 Å². The molecule has 0 heterocycles. The Balaban J connectivity index is 3.95. The fourth-order valence-corrected chi connectivity index (χ4v) is 1.16. The van der Waals surface area contributed by atoms with Crippen molar-refractivity contribution in [2.45, 2.75) is 13.3 Å². The molecule has 0 aliphatic rings. The van der Waals surface area contributed by atoms with Crippen LogP contribution in [0.2, 0.25) is 0 Å². The van der Waals surface area contributed by atoms with E-state index < -0.39 is 0 Å². The van der Waals surface area contributed by atoms with Gasteiger partial charge in [0, 0.05) is 6.42 Å². The van der Waals surface area contributed by atoms with E-state index in [1.165, 1.54) is 0 Å². The fourth-order valence-electron chi connectivity index (χ4n) is 0.576. The minimum absolute atomic E-state index is 0.197. The molecular weight excluding hydrogens is 144 g/mol. The van der Waals surface area contributed by atoms with Crippen molar-refractivity contribution >= 4 is 17.5 Å². The molecule has 0 aliphatic heterocycles. The number of ketones is 1. The maximum atomic E-state index is 10.6. The van der Waals surface area contributed by atoms with E-state index in [1.807, 2.05) is 12.3 Å². The average Bonchev–Trinajstić information content (AvgIpc) is 1.86. The molecule has 0 spiro atoms. The number of allylic oxidation sites excluding steroid dienone is 3. The minimum Gasteiger partial charge on any atom is -0.300 e. The molecule has 0 N–H and O–H groups in total. The van der Waals surface area contributed by atoms with Crippen molar-refractivity contribution in [1.82, 2.24) is 0 Å². The number of rotatable bonds is 4. The Morgan fingerprint density at radius 1 is 1.70 bits per heavy atom. The van der Waals surface area contributed by atoms with Crippen LogP contribution in [-0.4, -0.2) is 12.0 Å². The SMILES string of the molecule is C=C/C=C(/CC(C)=O)SC. The Bertz CT molecular complexity index is 159. The Morgan fingerprint density at radius 3 is 2.60 bits per heavy atom. The summed E-state index contributed by atoms with van der Waals surface area (Å²) in [6.07, 6.45) is 6.06. The van der Waals surface area contributed by atoms with E-state index in [1.54, 1.807) is 24.8 Å². The van der Waals surface area contributed by atoms with Crippen LogP contribution < -0.4 is 0 Å². The quantitative estimate of drug-likeness (QED) is 0.581. The third-order valence-corrected chi connectivity index (χ3v) is 1.79. The summed E-state index contributed by atoms with van der Waals surface area (Å²) < 4.78 is 0. The maximum Gasteiger partial charge on any atom is 0.134 e. The molecule has 2 heteroatoms. The van der Waals surface area contributed by atoms with E-state index in [9.17, 15) is 4.79 Å². The first-order valence-electron chi connectivity index (χ1n) is 3.05. The van der Waals surface area contributed by atoms with Crippen molar-refractivity contribution in [3.05, 3.63) is 23.6 Å². The summed E-state index contributed by atoms with van der Waals surface area (Å²) in [4.78, 5) is 11.7. The molecule has 0 rings (SSSR count). The van der Waals surface area contributed by atoms with E-state index in [4.69, 9.17) is 0 Å². The van der Waals surface area contributed by atoms with Crippen molar-refractivity contribution < 1.29 is 4.79 Å². The summed E-state index contributed by atoms with van der Waals surface area (Å²) in [7, 11) is 0. The average molecular weight is 156 g/mol. The molecule has 0 aromatic heterocycles. The summed E-state index contributed by atoms with van der Waals surface area (Å²) in [5.41, 5.74) is 0. The van der Waals surface area contributed by atoms with Crippen molar-refractivity contribution in [3.8, 4) is 0 Å². The van der Waals surface area contributed by atoms with Crippen LogP contribution in [0.15, 0.2) is 23.6 Å². The van der Waals surface area contributed by atoms with Crippen LogP contribution in [0.1, 0.15) is 13.3 Å². The molecule has 0 bridgehead atoms. The van der Waals surface area contributed by atoms with Gasteiger partial charge in [-0.3, -0.25) is 4.79 Å². The minimum atomic E-state index is 0.197. The summed E-state index contributed by atoms with van der Waals surface area (Å²) >= 11 is 1.59. The molecule has 0 radical (unpaired) electrons. The van der Waals surface area contributed by atoms with Crippen LogP contribution in [0.3, 0.4) is 0 Å². The van der Waals surface area contributed by atoms with Gasteiger partial charge in [0.25, 0.3) is 0 Å². The van der Waals surface area contributed by atoms with E-state index in [2.05, 4.69) is 6.58 Å².